The fourth-order valence-electron chi connectivity index (χ4n) is 1.74. The Morgan fingerprint density at radius 3 is 2.11 bits per heavy atom. The number of nitrogens with one attached hydrogen (secondary N) is 2. The van der Waals surface area contributed by atoms with Crippen LogP contribution >= 0.6 is 0 Å². The quantitative estimate of drug-likeness (QED) is 0.581. The lowest BCUT2D eigenvalue weighted by Crippen LogP contribution is -2.12. The van der Waals surface area contributed by atoms with Crippen molar-refractivity contribution in [2.45, 2.75) is 13.3 Å². The van der Waals surface area contributed by atoms with Crippen molar-refractivity contribution < 1.29 is 4.79 Å². The van der Waals surface area contributed by atoms with E-state index in [9.17, 15) is 4.79 Å². The molecule has 0 unspecified atom stereocenters. The van der Waals surface area contributed by atoms with Crippen molar-refractivity contribution in [3.05, 3.63) is 59.7 Å². The molecule has 0 bridgehead atoms. The number of carbonyl (C=O) groups is 1. The Bertz CT molecular complexity index is 547. The lowest BCUT2D eigenvalue weighted by Gasteiger charge is -2.07. The Labute approximate surface area is 112 Å². The van der Waals surface area contributed by atoms with Crippen LogP contribution in [0.5, 0.6) is 0 Å². The summed E-state index contributed by atoms with van der Waals surface area (Å²) in [4.78, 5) is 12.0. The summed E-state index contributed by atoms with van der Waals surface area (Å²) >= 11 is 0. The summed E-state index contributed by atoms with van der Waals surface area (Å²) in [7, 11) is 0. The summed E-state index contributed by atoms with van der Waals surface area (Å²) in [6.07, 6.45) is 0.988. The highest BCUT2D eigenvalue weighted by molar-refractivity contribution is 6.04. The first-order valence-corrected chi connectivity index (χ1v) is 6.20. The first-order chi connectivity index (χ1) is 9.22. The van der Waals surface area contributed by atoms with Gasteiger partial charge in [-0.1, -0.05) is 19.1 Å². The lowest BCUT2D eigenvalue weighted by atomic mass is 10.1. The Hall–Kier alpha value is -2.33. The smallest absolute Gasteiger partial charge is 0.255 e. The second-order valence-corrected chi connectivity index (χ2v) is 4.23. The molecule has 0 aromatic heterocycles. The first-order valence-electron chi connectivity index (χ1n) is 6.20. The number of benzene rings is 2. The number of anilines is 2. The molecular weight excluding hydrogens is 238 g/mol. The topological polar surface area (TPSA) is 67.2 Å². The molecule has 0 saturated heterocycles. The van der Waals surface area contributed by atoms with E-state index in [0.717, 1.165) is 17.8 Å². The minimum atomic E-state index is -0.132. The van der Waals surface area contributed by atoms with E-state index in [4.69, 9.17) is 5.84 Å². The van der Waals surface area contributed by atoms with E-state index in [-0.39, 0.29) is 5.91 Å². The summed E-state index contributed by atoms with van der Waals surface area (Å²) in [5.41, 5.74) is 5.93. The summed E-state index contributed by atoms with van der Waals surface area (Å²) in [6, 6.07) is 14.8. The van der Waals surface area contributed by atoms with E-state index in [1.807, 2.05) is 24.3 Å². The van der Waals surface area contributed by atoms with Gasteiger partial charge in [-0.3, -0.25) is 10.6 Å². The van der Waals surface area contributed by atoms with Gasteiger partial charge >= 0.3 is 0 Å². The third kappa shape index (κ3) is 3.33. The van der Waals surface area contributed by atoms with Crippen LogP contribution in [0.3, 0.4) is 0 Å². The monoisotopic (exact) mass is 255 g/mol. The van der Waals surface area contributed by atoms with E-state index in [1.54, 1.807) is 24.3 Å². The molecule has 2 aromatic carbocycles. The van der Waals surface area contributed by atoms with Crippen molar-refractivity contribution in [2.75, 3.05) is 10.7 Å². The molecule has 98 valence electrons. The van der Waals surface area contributed by atoms with Crippen LogP contribution < -0.4 is 16.6 Å². The third-order valence-electron chi connectivity index (χ3n) is 2.93. The maximum absolute atomic E-state index is 12.0. The summed E-state index contributed by atoms with van der Waals surface area (Å²) in [6.45, 7) is 2.10. The number of amides is 1. The highest BCUT2D eigenvalue weighted by atomic mass is 16.1. The number of hydrogen-bond donors (Lipinski definition) is 3. The van der Waals surface area contributed by atoms with Crippen molar-refractivity contribution >= 4 is 17.3 Å². The Kier molecular flexibility index (Phi) is 4.15. The second-order valence-electron chi connectivity index (χ2n) is 4.23. The maximum Gasteiger partial charge on any atom is 0.255 e. The van der Waals surface area contributed by atoms with Crippen LogP contribution in [0.2, 0.25) is 0 Å². The van der Waals surface area contributed by atoms with Crippen LogP contribution in [-0.2, 0) is 6.42 Å². The van der Waals surface area contributed by atoms with Crippen LogP contribution in [0.25, 0.3) is 0 Å². The average molecular weight is 255 g/mol. The lowest BCUT2D eigenvalue weighted by molar-refractivity contribution is 0.102. The standard InChI is InChI=1S/C15H17N3O/c1-2-11-3-7-13(8-4-11)17-15(19)12-5-9-14(18-16)10-6-12/h3-10,18H,2,16H2,1H3,(H,17,19). The fraction of sp³-hybridized carbons (Fsp3) is 0.133. The number of carbonyl (C=O) groups excluding carboxylic acids is 1. The Balaban J connectivity index is 2.06. The number of hydrogen-bond acceptors (Lipinski definition) is 3. The van der Waals surface area contributed by atoms with Crippen LogP contribution in [0.1, 0.15) is 22.8 Å². The number of nitrogens with two attached hydrogens (primary N) is 1. The van der Waals surface area contributed by atoms with E-state index in [0.29, 0.717) is 5.56 Å². The zero-order valence-electron chi connectivity index (χ0n) is 10.8. The molecule has 0 aliphatic heterocycles. The highest BCUT2D eigenvalue weighted by Crippen LogP contribution is 2.13. The zero-order valence-corrected chi connectivity index (χ0v) is 10.8. The molecule has 0 radical (unpaired) electrons. The minimum Gasteiger partial charge on any atom is -0.324 e. The van der Waals surface area contributed by atoms with Crippen LogP contribution in [0, 0.1) is 0 Å². The normalized spacial score (nSPS) is 10.0. The molecule has 0 heterocycles. The largest absolute Gasteiger partial charge is 0.324 e. The molecule has 0 fully saturated rings. The third-order valence-corrected chi connectivity index (χ3v) is 2.93. The van der Waals surface area contributed by atoms with Gasteiger partial charge < -0.3 is 10.7 Å². The van der Waals surface area contributed by atoms with Gasteiger partial charge in [-0.05, 0) is 48.4 Å². The number of rotatable bonds is 4. The molecule has 4 heteroatoms. The van der Waals surface area contributed by atoms with Crippen molar-refractivity contribution in [1.82, 2.24) is 0 Å². The highest BCUT2D eigenvalue weighted by Gasteiger charge is 2.05. The van der Waals surface area contributed by atoms with Crippen LogP contribution in [-0.4, -0.2) is 5.91 Å². The molecule has 0 atom stereocenters. The van der Waals surface area contributed by atoms with Crippen LogP contribution in [0.4, 0.5) is 11.4 Å². The van der Waals surface area contributed by atoms with E-state index >= 15 is 0 Å². The molecule has 0 aliphatic carbocycles. The van der Waals surface area contributed by atoms with E-state index in [1.165, 1.54) is 5.56 Å². The van der Waals surface area contributed by atoms with Gasteiger partial charge in [0.1, 0.15) is 0 Å². The predicted octanol–water partition coefficient (Wildman–Crippen LogP) is 2.79. The molecule has 19 heavy (non-hydrogen) atoms. The SMILES string of the molecule is CCc1ccc(NC(=O)c2ccc(NN)cc2)cc1. The van der Waals surface area contributed by atoms with Gasteiger partial charge in [0.15, 0.2) is 0 Å². The maximum atomic E-state index is 12.0. The van der Waals surface area contributed by atoms with Gasteiger partial charge in [0.2, 0.25) is 0 Å². The predicted molar refractivity (Wildman–Crippen MR) is 78.0 cm³/mol. The Morgan fingerprint density at radius 2 is 1.58 bits per heavy atom. The Morgan fingerprint density at radius 1 is 1.00 bits per heavy atom. The average Bonchev–Trinajstić information content (AvgIpc) is 2.48. The fourth-order valence-corrected chi connectivity index (χ4v) is 1.74. The first kappa shape index (κ1) is 13.1. The van der Waals surface area contributed by atoms with Gasteiger partial charge in [0, 0.05) is 16.9 Å². The van der Waals surface area contributed by atoms with Gasteiger partial charge in [0.25, 0.3) is 5.91 Å². The number of aryl methyl sites for hydroxylation is 1. The van der Waals surface area contributed by atoms with Crippen molar-refractivity contribution in [3.63, 3.8) is 0 Å². The van der Waals surface area contributed by atoms with E-state index in [2.05, 4.69) is 17.7 Å². The molecule has 0 saturated carbocycles. The molecule has 2 aromatic rings. The molecule has 4 N–H and O–H groups in total. The van der Waals surface area contributed by atoms with Gasteiger partial charge in [-0.25, -0.2) is 0 Å². The molecule has 4 nitrogen and oxygen atoms in total. The van der Waals surface area contributed by atoms with Crippen LogP contribution in [0.15, 0.2) is 48.5 Å². The zero-order chi connectivity index (χ0) is 13.7. The molecule has 0 spiro atoms. The summed E-state index contributed by atoms with van der Waals surface area (Å²) in [5.74, 6) is 5.14. The van der Waals surface area contributed by atoms with Gasteiger partial charge in [-0.15, -0.1) is 0 Å². The van der Waals surface area contributed by atoms with Gasteiger partial charge in [0.05, 0.1) is 0 Å². The van der Waals surface area contributed by atoms with Crippen molar-refractivity contribution in [1.29, 1.82) is 0 Å². The summed E-state index contributed by atoms with van der Waals surface area (Å²) < 4.78 is 0. The molecule has 2 rings (SSSR count). The number of hydrazine groups is 1. The van der Waals surface area contributed by atoms with Crippen molar-refractivity contribution in [2.24, 2.45) is 5.84 Å². The molecule has 1 amide bonds. The number of nitrogen functional groups attached to an aromatic ring is 1. The molecule has 0 aliphatic rings. The van der Waals surface area contributed by atoms with Crippen molar-refractivity contribution in [3.8, 4) is 0 Å². The molecular formula is C15H17N3O. The summed E-state index contributed by atoms with van der Waals surface area (Å²) in [5, 5.41) is 2.86. The second kappa shape index (κ2) is 6.02. The van der Waals surface area contributed by atoms with E-state index < -0.39 is 0 Å². The minimum absolute atomic E-state index is 0.132. The van der Waals surface area contributed by atoms with Gasteiger partial charge in [-0.2, -0.15) is 0 Å².